The Balaban J connectivity index is 1.78. The summed E-state index contributed by atoms with van der Waals surface area (Å²) in [5, 5.41) is 0. The number of nitrogens with one attached hydrogen (secondary N) is 1. The number of hydrogen-bond donors (Lipinski definition) is 2. The Hall–Kier alpha value is -0.200. The van der Waals surface area contributed by atoms with E-state index in [9.17, 15) is 0 Å². The molecule has 2 atom stereocenters. The van der Waals surface area contributed by atoms with Gasteiger partial charge in [0.15, 0.2) is 0 Å². The molecule has 3 N–H and O–H groups in total. The van der Waals surface area contributed by atoms with Crippen molar-refractivity contribution in [2.75, 3.05) is 33.0 Å². The first-order valence-corrected chi connectivity index (χ1v) is 6.13. The van der Waals surface area contributed by atoms with Crippen molar-refractivity contribution in [2.45, 2.75) is 31.4 Å². The van der Waals surface area contributed by atoms with Crippen LogP contribution in [0.3, 0.4) is 0 Å². The molecule has 0 aromatic heterocycles. The van der Waals surface area contributed by atoms with Gasteiger partial charge < -0.3 is 14.2 Å². The summed E-state index contributed by atoms with van der Waals surface area (Å²) < 4.78 is 16.4. The standard InChI is InChI=1S/C11H22N2O3/c12-13-10(11-8-15-5-6-16-11)7-9-1-3-14-4-2-9/h9-11,13H,1-8,12H2. The van der Waals surface area contributed by atoms with E-state index in [1.807, 2.05) is 0 Å². The first-order valence-electron chi connectivity index (χ1n) is 6.13. The van der Waals surface area contributed by atoms with Crippen molar-refractivity contribution >= 4 is 0 Å². The summed E-state index contributed by atoms with van der Waals surface area (Å²) in [5.41, 5.74) is 2.87. The summed E-state index contributed by atoms with van der Waals surface area (Å²) >= 11 is 0. The summed E-state index contributed by atoms with van der Waals surface area (Å²) in [6.45, 7) is 3.79. The maximum Gasteiger partial charge on any atom is 0.0975 e. The monoisotopic (exact) mass is 230 g/mol. The second-order valence-electron chi connectivity index (χ2n) is 4.55. The average Bonchev–Trinajstić information content (AvgIpc) is 2.38. The molecule has 16 heavy (non-hydrogen) atoms. The molecule has 2 fully saturated rings. The molecule has 2 aliphatic rings. The predicted octanol–water partition coefficient (Wildman–Crippen LogP) is 0.0504. The van der Waals surface area contributed by atoms with Gasteiger partial charge in [-0.05, 0) is 25.2 Å². The molecule has 0 radical (unpaired) electrons. The molecular weight excluding hydrogens is 208 g/mol. The van der Waals surface area contributed by atoms with Crippen molar-refractivity contribution in [3.8, 4) is 0 Å². The molecule has 0 bridgehead atoms. The zero-order valence-electron chi connectivity index (χ0n) is 9.69. The minimum absolute atomic E-state index is 0.0987. The molecule has 0 aromatic rings. The summed E-state index contributed by atoms with van der Waals surface area (Å²) in [6.07, 6.45) is 3.41. The number of rotatable bonds is 4. The first-order chi connectivity index (χ1) is 7.90. The zero-order chi connectivity index (χ0) is 11.2. The van der Waals surface area contributed by atoms with Crippen LogP contribution in [-0.2, 0) is 14.2 Å². The van der Waals surface area contributed by atoms with Gasteiger partial charge in [-0.15, -0.1) is 0 Å². The predicted molar refractivity (Wildman–Crippen MR) is 59.8 cm³/mol. The van der Waals surface area contributed by atoms with Gasteiger partial charge in [-0.3, -0.25) is 11.3 Å². The fourth-order valence-electron chi connectivity index (χ4n) is 2.41. The Morgan fingerprint density at radius 2 is 1.94 bits per heavy atom. The molecule has 2 rings (SSSR count). The largest absolute Gasteiger partial charge is 0.381 e. The minimum atomic E-state index is 0.0987. The zero-order valence-corrected chi connectivity index (χ0v) is 9.69. The van der Waals surface area contributed by atoms with Crippen molar-refractivity contribution in [3.63, 3.8) is 0 Å². The third-order valence-corrected chi connectivity index (χ3v) is 3.43. The van der Waals surface area contributed by atoms with Gasteiger partial charge in [0.2, 0.25) is 0 Å². The normalized spacial score (nSPS) is 30.2. The van der Waals surface area contributed by atoms with Gasteiger partial charge in [-0.1, -0.05) is 0 Å². The molecule has 94 valence electrons. The lowest BCUT2D eigenvalue weighted by Gasteiger charge is -2.33. The second kappa shape index (κ2) is 6.51. The van der Waals surface area contributed by atoms with Crippen molar-refractivity contribution in [1.29, 1.82) is 0 Å². The molecule has 5 nitrogen and oxygen atoms in total. The van der Waals surface area contributed by atoms with Gasteiger partial charge >= 0.3 is 0 Å². The SMILES string of the molecule is NNC(CC1CCOCC1)C1COCCO1. The van der Waals surface area contributed by atoms with E-state index in [0.717, 1.165) is 32.5 Å². The number of ether oxygens (including phenoxy) is 3. The van der Waals surface area contributed by atoms with Gasteiger partial charge in [0.1, 0.15) is 0 Å². The molecule has 0 amide bonds. The van der Waals surface area contributed by atoms with Gasteiger partial charge in [-0.2, -0.15) is 0 Å². The van der Waals surface area contributed by atoms with E-state index in [4.69, 9.17) is 20.1 Å². The Morgan fingerprint density at radius 1 is 1.12 bits per heavy atom. The fraction of sp³-hybridized carbons (Fsp3) is 1.00. The van der Waals surface area contributed by atoms with Crippen LogP contribution in [0.15, 0.2) is 0 Å². The van der Waals surface area contributed by atoms with Crippen molar-refractivity contribution in [3.05, 3.63) is 0 Å². The number of hydrazine groups is 1. The van der Waals surface area contributed by atoms with Crippen molar-refractivity contribution in [2.24, 2.45) is 11.8 Å². The molecular formula is C11H22N2O3. The highest BCUT2D eigenvalue weighted by atomic mass is 16.6. The van der Waals surface area contributed by atoms with E-state index < -0.39 is 0 Å². The second-order valence-corrected chi connectivity index (χ2v) is 4.55. The van der Waals surface area contributed by atoms with Crippen LogP contribution in [0.2, 0.25) is 0 Å². The third-order valence-electron chi connectivity index (χ3n) is 3.43. The highest BCUT2D eigenvalue weighted by Crippen LogP contribution is 2.22. The Labute approximate surface area is 96.6 Å². The summed E-state index contributed by atoms with van der Waals surface area (Å²) in [6, 6.07) is 0.198. The van der Waals surface area contributed by atoms with Crippen LogP contribution < -0.4 is 11.3 Å². The molecule has 2 aliphatic heterocycles. The van der Waals surface area contributed by atoms with Crippen molar-refractivity contribution < 1.29 is 14.2 Å². The quantitative estimate of drug-likeness (QED) is 0.528. The van der Waals surface area contributed by atoms with E-state index in [0.29, 0.717) is 25.7 Å². The van der Waals surface area contributed by atoms with Crippen LogP contribution in [0.25, 0.3) is 0 Å². The topological polar surface area (TPSA) is 65.7 Å². The van der Waals surface area contributed by atoms with E-state index >= 15 is 0 Å². The van der Waals surface area contributed by atoms with Gasteiger partial charge in [0, 0.05) is 19.3 Å². The van der Waals surface area contributed by atoms with Crippen LogP contribution >= 0.6 is 0 Å². The number of hydrogen-bond acceptors (Lipinski definition) is 5. The summed E-state index contributed by atoms with van der Waals surface area (Å²) in [4.78, 5) is 0. The van der Waals surface area contributed by atoms with Crippen LogP contribution in [0.4, 0.5) is 0 Å². The summed E-state index contributed by atoms with van der Waals surface area (Å²) in [5.74, 6) is 6.30. The van der Waals surface area contributed by atoms with Crippen LogP contribution in [0.1, 0.15) is 19.3 Å². The van der Waals surface area contributed by atoms with E-state index in [2.05, 4.69) is 5.43 Å². The van der Waals surface area contributed by atoms with E-state index in [1.165, 1.54) is 0 Å². The summed E-state index contributed by atoms with van der Waals surface area (Å²) in [7, 11) is 0. The minimum Gasteiger partial charge on any atom is -0.381 e. The Kier molecular flexibility index (Phi) is 4.99. The lowest BCUT2D eigenvalue weighted by molar-refractivity contribution is -0.105. The molecule has 2 heterocycles. The molecule has 5 heteroatoms. The Bertz CT molecular complexity index is 192. The maximum absolute atomic E-state index is 5.67. The third kappa shape index (κ3) is 3.40. The van der Waals surface area contributed by atoms with Gasteiger partial charge in [0.05, 0.1) is 25.9 Å². The van der Waals surface area contributed by atoms with Gasteiger partial charge in [0.25, 0.3) is 0 Å². The molecule has 0 spiro atoms. The fourth-order valence-corrected chi connectivity index (χ4v) is 2.41. The van der Waals surface area contributed by atoms with E-state index in [1.54, 1.807) is 0 Å². The molecule has 2 saturated heterocycles. The van der Waals surface area contributed by atoms with Crippen LogP contribution in [-0.4, -0.2) is 45.2 Å². The lowest BCUT2D eigenvalue weighted by Crippen LogP contribution is -2.50. The van der Waals surface area contributed by atoms with Crippen molar-refractivity contribution in [1.82, 2.24) is 5.43 Å². The Morgan fingerprint density at radius 3 is 2.56 bits per heavy atom. The van der Waals surface area contributed by atoms with Gasteiger partial charge in [-0.25, -0.2) is 0 Å². The molecule has 0 saturated carbocycles. The smallest absolute Gasteiger partial charge is 0.0975 e. The number of nitrogens with two attached hydrogens (primary N) is 1. The van der Waals surface area contributed by atoms with E-state index in [-0.39, 0.29) is 12.1 Å². The highest BCUT2D eigenvalue weighted by Gasteiger charge is 2.27. The van der Waals surface area contributed by atoms with Crippen LogP contribution in [0.5, 0.6) is 0 Å². The molecule has 0 aliphatic carbocycles. The first kappa shape index (κ1) is 12.3. The highest BCUT2D eigenvalue weighted by molar-refractivity contribution is 4.80. The van der Waals surface area contributed by atoms with Crippen LogP contribution in [0, 0.1) is 5.92 Å². The maximum atomic E-state index is 5.67. The lowest BCUT2D eigenvalue weighted by atomic mass is 9.90. The molecule has 2 unspecified atom stereocenters. The molecule has 0 aromatic carbocycles. The average molecular weight is 230 g/mol.